The minimum atomic E-state index is -1.07. The third-order valence-electron chi connectivity index (χ3n) is 7.67. The highest BCUT2D eigenvalue weighted by atomic mass is 16.6. The van der Waals surface area contributed by atoms with Crippen LogP contribution in [0.3, 0.4) is 0 Å². The molecule has 47 heavy (non-hydrogen) atoms. The molecule has 0 aromatic heterocycles. The lowest BCUT2D eigenvalue weighted by Crippen LogP contribution is -2.67. The zero-order chi connectivity index (χ0) is 34.9. The first-order valence-electron chi connectivity index (χ1n) is 16.1. The third kappa shape index (κ3) is 10.8. The van der Waals surface area contributed by atoms with Gasteiger partial charge in [-0.1, -0.05) is 60.7 Å². The molecule has 0 aliphatic carbocycles. The molecule has 2 aromatic carbocycles. The summed E-state index contributed by atoms with van der Waals surface area (Å²) < 4.78 is 10.6. The minimum absolute atomic E-state index is 0.0145. The number of carboxylic acid groups (broad SMARTS) is 1. The molecule has 2 aliphatic heterocycles. The molecule has 0 bridgehead atoms. The van der Waals surface area contributed by atoms with Crippen molar-refractivity contribution < 1.29 is 33.8 Å². The van der Waals surface area contributed by atoms with Gasteiger partial charge in [0.25, 0.3) is 0 Å². The number of carboxylic acids is 1. The number of nitrogens with zero attached hydrogens (tertiary/aromatic N) is 4. The van der Waals surface area contributed by atoms with E-state index in [9.17, 15) is 19.2 Å². The van der Waals surface area contributed by atoms with Crippen LogP contribution in [0.4, 0.5) is 9.59 Å². The van der Waals surface area contributed by atoms with Crippen molar-refractivity contribution in [1.29, 1.82) is 0 Å². The van der Waals surface area contributed by atoms with Crippen LogP contribution in [0.5, 0.6) is 0 Å². The van der Waals surface area contributed by atoms with E-state index < -0.39 is 29.8 Å². The molecule has 0 saturated carbocycles. The van der Waals surface area contributed by atoms with E-state index in [1.807, 2.05) is 100 Å². The van der Waals surface area contributed by atoms with Crippen LogP contribution in [0.15, 0.2) is 65.7 Å². The van der Waals surface area contributed by atoms with Gasteiger partial charge in [0, 0.05) is 25.7 Å². The van der Waals surface area contributed by atoms with Gasteiger partial charge < -0.3 is 19.5 Å². The van der Waals surface area contributed by atoms with Gasteiger partial charge in [0.15, 0.2) is 0 Å². The summed E-state index contributed by atoms with van der Waals surface area (Å²) >= 11 is 0. The van der Waals surface area contributed by atoms with Crippen molar-refractivity contribution >= 4 is 30.3 Å². The number of hydrogen-bond acceptors (Lipinski definition) is 7. The number of carbonyl (C=O) groups is 4. The zero-order valence-electron chi connectivity index (χ0n) is 28.9. The average molecular weight is 651 g/mol. The molecule has 2 fully saturated rings. The van der Waals surface area contributed by atoms with Crippen molar-refractivity contribution in [2.24, 2.45) is 4.99 Å². The van der Waals surface area contributed by atoms with Gasteiger partial charge in [-0.2, -0.15) is 0 Å². The maximum Gasteiger partial charge on any atom is 0.411 e. The Hall–Kier alpha value is -4.41. The van der Waals surface area contributed by atoms with Crippen molar-refractivity contribution in [3.8, 4) is 0 Å². The van der Waals surface area contributed by atoms with E-state index in [1.54, 1.807) is 31.9 Å². The molecule has 256 valence electrons. The molecule has 0 unspecified atom stereocenters. The van der Waals surface area contributed by atoms with Crippen LogP contribution >= 0.6 is 0 Å². The Morgan fingerprint density at radius 1 is 0.936 bits per heavy atom. The van der Waals surface area contributed by atoms with E-state index in [2.05, 4.69) is 4.99 Å². The SMILES string of the molecule is C[C@@H](N=CCCN(CC(=O)O)C(=O)OC(C)(C)C)c1ccccc1.C[C@H](c1ccccc1)N1C(=O)[C@@H]2[C@H]1CCN2C(=O)OC(C)(C)C. The molecule has 4 atom stereocenters. The smallest absolute Gasteiger partial charge is 0.411 e. The maximum absolute atomic E-state index is 12.6. The monoisotopic (exact) mass is 650 g/mol. The van der Waals surface area contributed by atoms with Crippen molar-refractivity contribution in [3.63, 3.8) is 0 Å². The Morgan fingerprint density at radius 3 is 2.02 bits per heavy atom. The predicted molar refractivity (Wildman–Crippen MR) is 180 cm³/mol. The van der Waals surface area contributed by atoms with Gasteiger partial charge in [-0.25, -0.2) is 9.59 Å². The summed E-state index contributed by atoms with van der Waals surface area (Å²) in [4.78, 5) is 57.0. The van der Waals surface area contributed by atoms with Crippen LogP contribution in [0.2, 0.25) is 0 Å². The molecule has 2 aromatic rings. The van der Waals surface area contributed by atoms with Crippen LogP contribution in [0.1, 0.15) is 91.4 Å². The lowest BCUT2D eigenvalue weighted by Gasteiger charge is -2.48. The van der Waals surface area contributed by atoms with Crippen molar-refractivity contribution in [3.05, 3.63) is 71.8 Å². The van der Waals surface area contributed by atoms with Crippen molar-refractivity contribution in [2.45, 2.75) is 104 Å². The second-order valence-corrected chi connectivity index (χ2v) is 13.8. The quantitative estimate of drug-likeness (QED) is 0.242. The first kappa shape index (κ1) is 37.1. The highest BCUT2D eigenvalue weighted by Gasteiger charge is 2.57. The molecule has 11 nitrogen and oxygen atoms in total. The Labute approximate surface area is 278 Å². The first-order valence-corrected chi connectivity index (χ1v) is 16.1. The van der Waals surface area contributed by atoms with Gasteiger partial charge >= 0.3 is 18.2 Å². The molecular weight excluding hydrogens is 600 g/mol. The number of amides is 3. The van der Waals surface area contributed by atoms with Gasteiger partial charge in [-0.3, -0.25) is 24.4 Å². The van der Waals surface area contributed by atoms with Gasteiger partial charge in [-0.05, 0) is 72.9 Å². The second-order valence-electron chi connectivity index (χ2n) is 13.8. The number of aliphatic imine (C=N–C) groups is 1. The molecule has 0 radical (unpaired) electrons. The fourth-order valence-corrected chi connectivity index (χ4v) is 5.48. The van der Waals surface area contributed by atoms with E-state index in [-0.39, 0.29) is 42.7 Å². The molecular formula is C36H50N4O7. The fraction of sp³-hybridized carbons (Fsp3) is 0.528. The van der Waals surface area contributed by atoms with Crippen LogP contribution in [-0.4, -0.2) is 93.0 Å². The van der Waals surface area contributed by atoms with Crippen molar-refractivity contribution in [2.75, 3.05) is 19.6 Å². The average Bonchev–Trinajstić information content (AvgIpc) is 3.38. The van der Waals surface area contributed by atoms with Crippen molar-refractivity contribution in [1.82, 2.24) is 14.7 Å². The Morgan fingerprint density at radius 2 is 1.49 bits per heavy atom. The summed E-state index contributed by atoms with van der Waals surface area (Å²) in [6.45, 7) is 15.2. The van der Waals surface area contributed by atoms with E-state index >= 15 is 0 Å². The molecule has 4 rings (SSSR count). The molecule has 1 N–H and O–H groups in total. The lowest BCUT2D eigenvalue weighted by molar-refractivity contribution is -0.157. The summed E-state index contributed by atoms with van der Waals surface area (Å²) in [5, 5.41) is 8.94. The Balaban J connectivity index is 0.000000255. The zero-order valence-corrected chi connectivity index (χ0v) is 28.9. The van der Waals surface area contributed by atoms with Gasteiger partial charge in [0.1, 0.15) is 23.8 Å². The molecule has 2 heterocycles. The van der Waals surface area contributed by atoms with Crippen LogP contribution in [0.25, 0.3) is 0 Å². The van der Waals surface area contributed by atoms with Gasteiger partial charge in [0.2, 0.25) is 5.91 Å². The van der Waals surface area contributed by atoms with E-state index in [0.29, 0.717) is 13.0 Å². The number of likely N-dealkylation sites (tertiary alicyclic amines) is 2. The number of ether oxygens (including phenoxy) is 2. The second kappa shape index (κ2) is 15.9. The number of β-lactam (4-membered cyclic amide) rings is 1. The van der Waals surface area contributed by atoms with E-state index in [1.165, 1.54) is 4.90 Å². The van der Waals surface area contributed by atoms with Gasteiger partial charge in [-0.15, -0.1) is 0 Å². The number of hydrogen-bond donors (Lipinski definition) is 1. The normalized spacial score (nSPS) is 18.8. The van der Waals surface area contributed by atoms with Crippen LogP contribution < -0.4 is 0 Å². The van der Waals surface area contributed by atoms with E-state index in [0.717, 1.165) is 17.5 Å². The largest absolute Gasteiger partial charge is 0.480 e. The van der Waals surface area contributed by atoms with Crippen LogP contribution in [-0.2, 0) is 19.1 Å². The highest BCUT2D eigenvalue weighted by Crippen LogP contribution is 2.40. The molecule has 2 saturated heterocycles. The molecule has 0 spiro atoms. The summed E-state index contributed by atoms with van der Waals surface area (Å²) in [5.41, 5.74) is 1.02. The third-order valence-corrected chi connectivity index (χ3v) is 7.67. The molecule has 3 amide bonds. The maximum atomic E-state index is 12.6. The number of benzene rings is 2. The molecule has 2 aliphatic rings. The summed E-state index contributed by atoms with van der Waals surface area (Å²) in [7, 11) is 0. The Kier molecular flexibility index (Phi) is 12.6. The topological polar surface area (TPSA) is 129 Å². The highest BCUT2D eigenvalue weighted by molar-refractivity contribution is 5.93. The van der Waals surface area contributed by atoms with Crippen LogP contribution in [0, 0.1) is 0 Å². The minimum Gasteiger partial charge on any atom is -0.480 e. The summed E-state index contributed by atoms with van der Waals surface area (Å²) in [6.07, 6.45) is 1.98. The summed E-state index contributed by atoms with van der Waals surface area (Å²) in [5.74, 6) is -1.05. The van der Waals surface area contributed by atoms with E-state index in [4.69, 9.17) is 14.6 Å². The Bertz CT molecular complexity index is 1390. The number of aliphatic carboxylic acids is 1. The standard InChI is InChI=1S/C18H26N2O4.C18H24N2O3/c1-14(15-9-6-5-7-10-15)19-11-8-12-20(13-16(21)22)17(23)24-18(2,3)4;1-12(13-8-6-5-7-9-13)20-14-10-11-19(15(14)16(20)21)17(22)23-18(2,3)4/h5-7,9-11,14H,8,12-13H2,1-4H3,(H,21,22);5-9,12,14-15H,10-11H2,1-4H3/t14-;12-,14-,15+/m11/s1. The van der Waals surface area contributed by atoms with Gasteiger partial charge in [0.05, 0.1) is 18.1 Å². The predicted octanol–water partition coefficient (Wildman–Crippen LogP) is 6.50. The number of fused-ring (bicyclic) bond motifs is 1. The lowest BCUT2D eigenvalue weighted by atomic mass is 9.91. The first-order chi connectivity index (χ1) is 22.0. The summed E-state index contributed by atoms with van der Waals surface area (Å²) in [6, 6.07) is 19.7. The molecule has 11 heteroatoms. The number of carbonyl (C=O) groups excluding carboxylic acids is 3. The fourth-order valence-electron chi connectivity index (χ4n) is 5.48. The number of rotatable bonds is 9.